The molecular weight excluding hydrogens is 383 g/mol. The standard InChI is InChI=1S/C22H14F3NOS/c23-22(24,25)18-9-3-4-10-19(18)28-21-16-8-2-1-6-14(16)12-17(20(21)27)15-7-5-11-26-13-15/h1-13,27H. The maximum absolute atomic E-state index is 13.4. The fraction of sp³-hybridized carbons (Fsp3) is 0.0455. The predicted octanol–water partition coefficient (Wildman–Crippen LogP) is 6.78. The van der Waals surface area contributed by atoms with E-state index < -0.39 is 11.7 Å². The number of phenolic OH excluding ortho intramolecular Hbond substituents is 1. The van der Waals surface area contributed by atoms with Gasteiger partial charge in [0.2, 0.25) is 0 Å². The van der Waals surface area contributed by atoms with Crippen LogP contribution in [0.2, 0.25) is 0 Å². The van der Waals surface area contributed by atoms with Crippen LogP contribution in [0.5, 0.6) is 5.75 Å². The van der Waals surface area contributed by atoms with Crippen molar-refractivity contribution in [2.24, 2.45) is 0 Å². The van der Waals surface area contributed by atoms with Crippen LogP contribution in [0.25, 0.3) is 21.9 Å². The first kappa shape index (κ1) is 18.4. The van der Waals surface area contributed by atoms with Gasteiger partial charge in [0.15, 0.2) is 0 Å². The van der Waals surface area contributed by atoms with Crippen LogP contribution < -0.4 is 0 Å². The zero-order chi connectivity index (χ0) is 19.7. The highest BCUT2D eigenvalue weighted by atomic mass is 32.2. The lowest BCUT2D eigenvalue weighted by Gasteiger charge is -2.16. The van der Waals surface area contributed by atoms with Gasteiger partial charge in [-0.2, -0.15) is 13.2 Å². The van der Waals surface area contributed by atoms with Crippen LogP contribution in [0, 0.1) is 0 Å². The van der Waals surface area contributed by atoms with Crippen molar-refractivity contribution < 1.29 is 18.3 Å². The van der Waals surface area contributed by atoms with Gasteiger partial charge in [0, 0.05) is 28.4 Å². The number of phenols is 1. The first-order valence-corrected chi connectivity index (χ1v) is 9.26. The normalized spacial score (nSPS) is 11.7. The van der Waals surface area contributed by atoms with Crippen molar-refractivity contribution in [3.63, 3.8) is 0 Å². The highest BCUT2D eigenvalue weighted by Gasteiger charge is 2.33. The summed E-state index contributed by atoms with van der Waals surface area (Å²) in [5.41, 5.74) is 0.491. The van der Waals surface area contributed by atoms with Crippen molar-refractivity contribution >= 4 is 22.5 Å². The topological polar surface area (TPSA) is 33.1 Å². The number of benzene rings is 3. The molecule has 0 spiro atoms. The average molecular weight is 397 g/mol. The Bertz CT molecular complexity index is 1140. The minimum absolute atomic E-state index is 0.0405. The quantitative estimate of drug-likeness (QED) is 0.414. The van der Waals surface area contributed by atoms with Crippen molar-refractivity contribution in [2.75, 3.05) is 0 Å². The smallest absolute Gasteiger partial charge is 0.417 e. The molecule has 0 radical (unpaired) electrons. The maximum Gasteiger partial charge on any atom is 0.417 e. The second-order valence-electron chi connectivity index (χ2n) is 6.16. The van der Waals surface area contributed by atoms with Gasteiger partial charge in [-0.1, -0.05) is 54.2 Å². The zero-order valence-corrected chi connectivity index (χ0v) is 15.3. The number of fused-ring (bicyclic) bond motifs is 1. The Kier molecular flexibility index (Phi) is 4.73. The second-order valence-corrected chi connectivity index (χ2v) is 7.21. The van der Waals surface area contributed by atoms with Crippen molar-refractivity contribution in [2.45, 2.75) is 16.0 Å². The highest BCUT2D eigenvalue weighted by Crippen LogP contribution is 2.47. The minimum Gasteiger partial charge on any atom is -0.506 e. The number of alkyl halides is 3. The largest absolute Gasteiger partial charge is 0.506 e. The molecule has 2 nitrogen and oxygen atoms in total. The molecule has 6 heteroatoms. The number of rotatable bonds is 3. The molecule has 0 saturated carbocycles. The Morgan fingerprint density at radius 2 is 1.64 bits per heavy atom. The van der Waals surface area contributed by atoms with E-state index in [0.717, 1.165) is 23.2 Å². The number of aromatic hydroxyl groups is 1. The summed E-state index contributed by atoms with van der Waals surface area (Å²) < 4.78 is 40.3. The first-order valence-electron chi connectivity index (χ1n) is 8.44. The van der Waals surface area contributed by atoms with Crippen LogP contribution >= 0.6 is 11.8 Å². The fourth-order valence-corrected chi connectivity index (χ4v) is 4.21. The van der Waals surface area contributed by atoms with E-state index in [2.05, 4.69) is 4.98 Å². The molecule has 0 aliphatic carbocycles. The molecule has 0 atom stereocenters. The summed E-state index contributed by atoms with van der Waals surface area (Å²) in [4.78, 5) is 4.50. The van der Waals surface area contributed by atoms with E-state index in [-0.39, 0.29) is 10.6 Å². The van der Waals surface area contributed by atoms with Crippen LogP contribution in [0.1, 0.15) is 5.56 Å². The Hall–Kier alpha value is -2.99. The van der Waals surface area contributed by atoms with E-state index in [1.807, 2.05) is 18.2 Å². The molecule has 4 aromatic rings. The van der Waals surface area contributed by atoms with Gasteiger partial charge in [-0.25, -0.2) is 0 Å². The summed E-state index contributed by atoms with van der Waals surface area (Å²) in [5, 5.41) is 12.5. The summed E-state index contributed by atoms with van der Waals surface area (Å²) in [6, 6.07) is 18.1. The number of hydrogen-bond acceptors (Lipinski definition) is 3. The molecule has 3 aromatic carbocycles. The van der Waals surface area contributed by atoms with Crippen LogP contribution in [0.3, 0.4) is 0 Å². The van der Waals surface area contributed by atoms with Gasteiger partial charge < -0.3 is 5.11 Å². The molecule has 1 heterocycles. The summed E-state index contributed by atoms with van der Waals surface area (Å²) in [6.45, 7) is 0. The highest BCUT2D eigenvalue weighted by molar-refractivity contribution is 7.99. The van der Waals surface area contributed by atoms with Crippen LogP contribution in [-0.2, 0) is 6.18 Å². The lowest BCUT2D eigenvalue weighted by Crippen LogP contribution is -2.06. The van der Waals surface area contributed by atoms with Crippen molar-refractivity contribution in [3.05, 3.63) is 84.7 Å². The van der Waals surface area contributed by atoms with Crippen LogP contribution in [0.4, 0.5) is 13.2 Å². The maximum atomic E-state index is 13.4. The molecule has 0 bridgehead atoms. The second kappa shape index (κ2) is 7.20. The molecular formula is C22H14F3NOS. The molecule has 1 aromatic heterocycles. The van der Waals surface area contributed by atoms with E-state index in [0.29, 0.717) is 21.4 Å². The Morgan fingerprint density at radius 3 is 2.39 bits per heavy atom. The number of nitrogens with zero attached hydrogens (tertiary/aromatic N) is 1. The third-order valence-corrected chi connectivity index (χ3v) is 5.55. The zero-order valence-electron chi connectivity index (χ0n) is 14.4. The SMILES string of the molecule is Oc1c(-c2cccnc2)cc2ccccc2c1Sc1ccccc1C(F)(F)F. The molecule has 0 saturated heterocycles. The molecule has 0 fully saturated rings. The Balaban J connectivity index is 1.94. The van der Waals surface area contributed by atoms with Gasteiger partial charge in [0.1, 0.15) is 5.75 Å². The number of hydrogen-bond donors (Lipinski definition) is 1. The van der Waals surface area contributed by atoms with Crippen LogP contribution in [-0.4, -0.2) is 10.1 Å². The summed E-state index contributed by atoms with van der Waals surface area (Å²) in [5.74, 6) is -0.0614. The lowest BCUT2D eigenvalue weighted by atomic mass is 10.0. The molecule has 0 aliphatic heterocycles. The van der Waals surface area contributed by atoms with E-state index in [4.69, 9.17) is 0 Å². The predicted molar refractivity (Wildman–Crippen MR) is 104 cm³/mol. The molecule has 28 heavy (non-hydrogen) atoms. The Morgan fingerprint density at radius 1 is 0.893 bits per heavy atom. The van der Waals surface area contributed by atoms with Gasteiger partial charge >= 0.3 is 6.18 Å². The fourth-order valence-electron chi connectivity index (χ4n) is 3.05. The first-order chi connectivity index (χ1) is 13.4. The lowest BCUT2D eigenvalue weighted by molar-refractivity contribution is -0.139. The van der Waals surface area contributed by atoms with Gasteiger partial charge in [0.05, 0.1) is 10.5 Å². The molecule has 140 valence electrons. The number of pyridine rings is 1. The van der Waals surface area contributed by atoms with Gasteiger partial charge in [-0.05, 0) is 35.0 Å². The summed E-state index contributed by atoms with van der Waals surface area (Å²) in [6.07, 6.45) is -1.24. The molecule has 0 aliphatic rings. The van der Waals surface area contributed by atoms with Gasteiger partial charge in [-0.15, -0.1) is 0 Å². The monoisotopic (exact) mass is 397 g/mol. The minimum atomic E-state index is -4.48. The van der Waals surface area contributed by atoms with E-state index in [9.17, 15) is 18.3 Å². The molecule has 4 rings (SSSR count). The van der Waals surface area contributed by atoms with E-state index >= 15 is 0 Å². The van der Waals surface area contributed by atoms with Crippen molar-refractivity contribution in [1.82, 2.24) is 4.98 Å². The third-order valence-electron chi connectivity index (χ3n) is 4.35. The molecule has 0 amide bonds. The number of aromatic nitrogens is 1. The average Bonchev–Trinajstić information content (AvgIpc) is 2.70. The Labute approximate surface area is 163 Å². The van der Waals surface area contributed by atoms with Crippen LogP contribution in [0.15, 0.2) is 88.9 Å². The van der Waals surface area contributed by atoms with Gasteiger partial charge in [0.25, 0.3) is 0 Å². The van der Waals surface area contributed by atoms with E-state index in [1.54, 1.807) is 42.7 Å². The van der Waals surface area contributed by atoms with Crippen molar-refractivity contribution in [3.8, 4) is 16.9 Å². The summed E-state index contributed by atoms with van der Waals surface area (Å²) >= 11 is 0.916. The van der Waals surface area contributed by atoms with Crippen molar-refractivity contribution in [1.29, 1.82) is 0 Å². The third kappa shape index (κ3) is 3.43. The number of halogens is 3. The van der Waals surface area contributed by atoms with Gasteiger partial charge in [-0.3, -0.25) is 4.98 Å². The summed E-state index contributed by atoms with van der Waals surface area (Å²) in [7, 11) is 0. The molecule has 1 N–H and O–H groups in total. The molecule has 0 unspecified atom stereocenters. The van der Waals surface area contributed by atoms with E-state index in [1.165, 1.54) is 12.1 Å².